The van der Waals surface area contributed by atoms with Crippen LogP contribution in [-0.2, 0) is 4.79 Å². The van der Waals surface area contributed by atoms with Crippen LogP contribution in [0.1, 0.15) is 17.3 Å². The normalized spacial score (nSPS) is 10.1. The highest BCUT2D eigenvalue weighted by atomic mass is 16.5. The second-order valence-electron chi connectivity index (χ2n) is 3.75. The standard InChI is InChI=1S/C14H12O4/c1-9(16)18-13-5-3-4-11-12(17-2)7-6-10(8-15)14(11)13/h3-8H,1-2H3. The Balaban J connectivity index is 2.79. The molecule has 2 aromatic rings. The molecule has 0 fully saturated rings. The van der Waals surface area contributed by atoms with Crippen LogP contribution in [0.25, 0.3) is 10.8 Å². The summed E-state index contributed by atoms with van der Waals surface area (Å²) in [6, 6.07) is 8.56. The lowest BCUT2D eigenvalue weighted by Gasteiger charge is -2.11. The molecule has 0 atom stereocenters. The Kier molecular flexibility index (Phi) is 3.28. The summed E-state index contributed by atoms with van der Waals surface area (Å²) in [6.45, 7) is 1.32. The molecule has 4 nitrogen and oxygen atoms in total. The van der Waals surface area contributed by atoms with Crippen molar-refractivity contribution in [1.29, 1.82) is 0 Å². The maximum absolute atomic E-state index is 11.1. The van der Waals surface area contributed by atoms with Gasteiger partial charge in [-0.3, -0.25) is 9.59 Å². The van der Waals surface area contributed by atoms with E-state index in [1.54, 1.807) is 31.4 Å². The molecule has 0 spiro atoms. The third-order valence-corrected chi connectivity index (χ3v) is 2.60. The van der Waals surface area contributed by atoms with Crippen molar-refractivity contribution in [3.63, 3.8) is 0 Å². The van der Waals surface area contributed by atoms with Gasteiger partial charge in [0.05, 0.1) is 7.11 Å². The highest BCUT2D eigenvalue weighted by Gasteiger charge is 2.12. The van der Waals surface area contributed by atoms with E-state index < -0.39 is 5.97 Å². The zero-order valence-corrected chi connectivity index (χ0v) is 10.1. The molecule has 0 bridgehead atoms. The Morgan fingerprint density at radius 2 is 1.94 bits per heavy atom. The molecule has 0 N–H and O–H groups in total. The maximum Gasteiger partial charge on any atom is 0.308 e. The van der Waals surface area contributed by atoms with Gasteiger partial charge in [-0.2, -0.15) is 0 Å². The van der Waals surface area contributed by atoms with Gasteiger partial charge in [-0.1, -0.05) is 12.1 Å². The minimum Gasteiger partial charge on any atom is -0.496 e. The quantitative estimate of drug-likeness (QED) is 0.473. The summed E-state index contributed by atoms with van der Waals surface area (Å²) in [4.78, 5) is 22.1. The Bertz CT molecular complexity index is 616. The van der Waals surface area contributed by atoms with Gasteiger partial charge in [0, 0.05) is 23.3 Å². The van der Waals surface area contributed by atoms with E-state index in [2.05, 4.69) is 0 Å². The SMILES string of the molecule is COc1ccc(C=O)c2c(OC(C)=O)cccc12. The third-order valence-electron chi connectivity index (χ3n) is 2.60. The number of carbonyl (C=O) groups excluding carboxylic acids is 2. The van der Waals surface area contributed by atoms with Crippen LogP contribution in [-0.4, -0.2) is 19.4 Å². The number of methoxy groups -OCH3 is 1. The van der Waals surface area contributed by atoms with E-state index in [0.29, 0.717) is 22.4 Å². The summed E-state index contributed by atoms with van der Waals surface area (Å²) in [5.41, 5.74) is 0.461. The zero-order valence-electron chi connectivity index (χ0n) is 10.1. The molecule has 4 heteroatoms. The number of esters is 1. The van der Waals surface area contributed by atoms with Gasteiger partial charge in [0.25, 0.3) is 0 Å². The van der Waals surface area contributed by atoms with Crippen molar-refractivity contribution in [2.24, 2.45) is 0 Å². The minimum absolute atomic E-state index is 0.362. The smallest absolute Gasteiger partial charge is 0.308 e. The first-order valence-electron chi connectivity index (χ1n) is 5.40. The monoisotopic (exact) mass is 244 g/mol. The fourth-order valence-electron chi connectivity index (χ4n) is 1.89. The van der Waals surface area contributed by atoms with Gasteiger partial charge < -0.3 is 9.47 Å². The van der Waals surface area contributed by atoms with E-state index in [4.69, 9.17) is 9.47 Å². The molecule has 0 aliphatic heterocycles. The van der Waals surface area contributed by atoms with Crippen molar-refractivity contribution < 1.29 is 19.1 Å². The molecule has 0 unspecified atom stereocenters. The van der Waals surface area contributed by atoms with E-state index in [9.17, 15) is 9.59 Å². The number of hydrogen-bond acceptors (Lipinski definition) is 4. The van der Waals surface area contributed by atoms with Gasteiger partial charge in [0.1, 0.15) is 11.5 Å². The van der Waals surface area contributed by atoms with Gasteiger partial charge in [-0.15, -0.1) is 0 Å². The van der Waals surface area contributed by atoms with Crippen LogP contribution in [0, 0.1) is 0 Å². The number of rotatable bonds is 3. The summed E-state index contributed by atoms with van der Waals surface area (Å²) >= 11 is 0. The predicted molar refractivity (Wildman–Crippen MR) is 67.2 cm³/mol. The molecule has 2 aromatic carbocycles. The molecule has 0 aromatic heterocycles. The van der Waals surface area contributed by atoms with Crippen LogP contribution >= 0.6 is 0 Å². The number of hydrogen-bond donors (Lipinski definition) is 0. The molecule has 0 saturated carbocycles. The summed E-state index contributed by atoms with van der Waals surface area (Å²) in [6.07, 6.45) is 0.731. The van der Waals surface area contributed by atoms with Crippen molar-refractivity contribution in [1.82, 2.24) is 0 Å². The molecule has 0 amide bonds. The van der Waals surface area contributed by atoms with Crippen LogP contribution < -0.4 is 9.47 Å². The van der Waals surface area contributed by atoms with Crippen molar-refractivity contribution in [2.75, 3.05) is 7.11 Å². The largest absolute Gasteiger partial charge is 0.496 e. The Hall–Kier alpha value is -2.36. The third kappa shape index (κ3) is 2.05. The molecule has 0 aliphatic carbocycles. The van der Waals surface area contributed by atoms with Gasteiger partial charge in [-0.25, -0.2) is 0 Å². The molecule has 2 rings (SSSR count). The Morgan fingerprint density at radius 3 is 2.56 bits per heavy atom. The van der Waals surface area contributed by atoms with E-state index in [-0.39, 0.29) is 0 Å². The zero-order chi connectivity index (χ0) is 13.1. The second kappa shape index (κ2) is 4.87. The maximum atomic E-state index is 11.1. The topological polar surface area (TPSA) is 52.6 Å². The van der Waals surface area contributed by atoms with Crippen molar-refractivity contribution in [2.45, 2.75) is 6.92 Å². The first-order chi connectivity index (χ1) is 8.67. The highest BCUT2D eigenvalue weighted by molar-refractivity contribution is 6.05. The molecule has 0 radical (unpaired) electrons. The molecule has 0 aliphatic rings. The molecule has 92 valence electrons. The highest BCUT2D eigenvalue weighted by Crippen LogP contribution is 2.34. The van der Waals surface area contributed by atoms with Gasteiger partial charge in [0.15, 0.2) is 6.29 Å². The summed E-state index contributed by atoms with van der Waals surface area (Å²) in [5.74, 6) is 0.563. The van der Waals surface area contributed by atoms with Crippen molar-refractivity contribution in [3.8, 4) is 11.5 Å². The van der Waals surface area contributed by atoms with E-state index in [1.807, 2.05) is 6.07 Å². The van der Waals surface area contributed by atoms with Crippen molar-refractivity contribution in [3.05, 3.63) is 35.9 Å². The first kappa shape index (κ1) is 12.1. The van der Waals surface area contributed by atoms with Gasteiger partial charge >= 0.3 is 5.97 Å². The minimum atomic E-state index is -0.429. The summed E-state index contributed by atoms with van der Waals surface area (Å²) in [5, 5.41) is 1.32. The summed E-state index contributed by atoms with van der Waals surface area (Å²) < 4.78 is 10.3. The lowest BCUT2D eigenvalue weighted by atomic mass is 10.0. The average molecular weight is 244 g/mol. The number of fused-ring (bicyclic) bond motifs is 1. The number of benzene rings is 2. The fraction of sp³-hybridized carbons (Fsp3) is 0.143. The molecule has 0 saturated heterocycles. The second-order valence-corrected chi connectivity index (χ2v) is 3.75. The number of ether oxygens (including phenoxy) is 2. The van der Waals surface area contributed by atoms with Crippen LogP contribution in [0.2, 0.25) is 0 Å². The molecular weight excluding hydrogens is 232 g/mol. The summed E-state index contributed by atoms with van der Waals surface area (Å²) in [7, 11) is 1.55. The van der Waals surface area contributed by atoms with Gasteiger partial charge in [-0.05, 0) is 18.2 Å². The Morgan fingerprint density at radius 1 is 1.17 bits per heavy atom. The van der Waals surface area contributed by atoms with Crippen LogP contribution in [0.5, 0.6) is 11.5 Å². The van der Waals surface area contributed by atoms with Crippen LogP contribution in [0.4, 0.5) is 0 Å². The fourth-order valence-corrected chi connectivity index (χ4v) is 1.89. The first-order valence-corrected chi connectivity index (χ1v) is 5.40. The predicted octanol–water partition coefficient (Wildman–Crippen LogP) is 2.59. The molecular formula is C14H12O4. The van der Waals surface area contributed by atoms with Gasteiger partial charge in [0.2, 0.25) is 0 Å². The van der Waals surface area contributed by atoms with E-state index >= 15 is 0 Å². The van der Waals surface area contributed by atoms with Crippen LogP contribution in [0.15, 0.2) is 30.3 Å². The van der Waals surface area contributed by atoms with Crippen molar-refractivity contribution >= 4 is 23.0 Å². The average Bonchev–Trinajstić information content (AvgIpc) is 2.37. The molecule has 0 heterocycles. The lowest BCUT2D eigenvalue weighted by Crippen LogP contribution is -2.03. The molecule has 18 heavy (non-hydrogen) atoms. The Labute approximate surface area is 104 Å². The number of carbonyl (C=O) groups is 2. The lowest BCUT2D eigenvalue weighted by molar-refractivity contribution is -0.131. The van der Waals surface area contributed by atoms with E-state index in [1.165, 1.54) is 6.92 Å². The van der Waals surface area contributed by atoms with Crippen LogP contribution in [0.3, 0.4) is 0 Å². The number of aldehydes is 1. The van der Waals surface area contributed by atoms with E-state index in [0.717, 1.165) is 11.7 Å².